The molecule has 7 heteroatoms. The molecule has 142 valence electrons. The zero-order chi connectivity index (χ0) is 18.9. The van der Waals surface area contributed by atoms with Crippen LogP contribution < -0.4 is 0 Å². The van der Waals surface area contributed by atoms with Gasteiger partial charge >= 0.3 is 0 Å². The Bertz CT molecular complexity index is 1060. The van der Waals surface area contributed by atoms with Crippen molar-refractivity contribution in [1.29, 1.82) is 0 Å². The lowest BCUT2D eigenvalue weighted by Gasteiger charge is -2.30. The van der Waals surface area contributed by atoms with E-state index in [-0.39, 0.29) is 0 Å². The van der Waals surface area contributed by atoms with Crippen molar-refractivity contribution in [3.63, 3.8) is 0 Å². The van der Waals surface area contributed by atoms with E-state index < -0.39 is 0 Å². The zero-order valence-electron chi connectivity index (χ0n) is 15.2. The second-order valence-corrected chi connectivity index (χ2v) is 8.61. The van der Waals surface area contributed by atoms with E-state index in [9.17, 15) is 0 Å². The van der Waals surface area contributed by atoms with Crippen LogP contribution in [0, 0.1) is 0 Å². The first-order valence-electron chi connectivity index (χ1n) is 9.41. The maximum absolute atomic E-state index is 5.95. The molecule has 0 N–H and O–H groups in total. The molecule has 1 fully saturated rings. The molecule has 0 aliphatic carbocycles. The summed E-state index contributed by atoms with van der Waals surface area (Å²) >= 11 is 7.76. The Morgan fingerprint density at radius 2 is 1.96 bits per heavy atom. The van der Waals surface area contributed by atoms with E-state index >= 15 is 0 Å². The van der Waals surface area contributed by atoms with Gasteiger partial charge in [0, 0.05) is 23.0 Å². The number of piperidine rings is 1. The van der Waals surface area contributed by atoms with E-state index in [2.05, 4.69) is 33.2 Å². The van der Waals surface area contributed by atoms with Gasteiger partial charge in [-0.25, -0.2) is 4.98 Å². The lowest BCUT2D eigenvalue weighted by molar-refractivity contribution is 0.177. The summed E-state index contributed by atoms with van der Waals surface area (Å²) in [5.74, 6) is 1.71. The Balaban J connectivity index is 1.28. The molecule has 0 bridgehead atoms. The highest BCUT2D eigenvalue weighted by atomic mass is 35.5. The van der Waals surface area contributed by atoms with Gasteiger partial charge in [-0.05, 0) is 55.8 Å². The second kappa shape index (κ2) is 7.62. The molecule has 0 amide bonds. The number of benzene rings is 2. The van der Waals surface area contributed by atoms with Gasteiger partial charge in [-0.1, -0.05) is 28.9 Å². The first kappa shape index (κ1) is 17.8. The number of nitrogens with zero attached hydrogens (tertiary/aromatic N) is 4. The lowest BCUT2D eigenvalue weighted by Crippen LogP contribution is -2.33. The van der Waals surface area contributed by atoms with Gasteiger partial charge in [0.2, 0.25) is 11.7 Å². The van der Waals surface area contributed by atoms with Crippen LogP contribution in [0.5, 0.6) is 0 Å². The van der Waals surface area contributed by atoms with Crippen molar-refractivity contribution in [3.8, 4) is 11.4 Å². The average molecular weight is 411 g/mol. The van der Waals surface area contributed by atoms with Gasteiger partial charge in [-0.15, -0.1) is 11.3 Å². The number of para-hydroxylation sites is 1. The van der Waals surface area contributed by atoms with Gasteiger partial charge in [0.1, 0.15) is 0 Å². The van der Waals surface area contributed by atoms with Crippen molar-refractivity contribution in [2.45, 2.75) is 25.3 Å². The van der Waals surface area contributed by atoms with Gasteiger partial charge in [-0.2, -0.15) is 4.98 Å². The SMILES string of the molecule is Clc1ccc(-c2noc(CN3CCC[C@@H](c4nc5ccccc5s4)C3)n2)cc1. The molecular weight excluding hydrogens is 392 g/mol. The molecule has 1 saturated heterocycles. The minimum Gasteiger partial charge on any atom is -0.338 e. The molecule has 1 atom stereocenters. The molecule has 28 heavy (non-hydrogen) atoms. The predicted octanol–water partition coefficient (Wildman–Crippen LogP) is 5.38. The minimum atomic E-state index is 0.463. The van der Waals surface area contributed by atoms with Crippen LogP contribution in [0.25, 0.3) is 21.6 Å². The van der Waals surface area contributed by atoms with Crippen molar-refractivity contribution in [3.05, 3.63) is 64.5 Å². The van der Waals surface area contributed by atoms with Crippen molar-refractivity contribution >= 4 is 33.2 Å². The van der Waals surface area contributed by atoms with Crippen LogP contribution in [-0.4, -0.2) is 33.1 Å². The van der Waals surface area contributed by atoms with Crippen LogP contribution in [0.3, 0.4) is 0 Å². The molecule has 5 nitrogen and oxygen atoms in total. The molecule has 0 spiro atoms. The number of aromatic nitrogens is 3. The molecule has 5 rings (SSSR count). The number of fused-ring (bicyclic) bond motifs is 1. The Kier molecular flexibility index (Phi) is 4.84. The van der Waals surface area contributed by atoms with E-state index in [1.807, 2.05) is 41.7 Å². The van der Waals surface area contributed by atoms with Crippen LogP contribution in [0.15, 0.2) is 53.1 Å². The molecule has 2 aromatic carbocycles. The maximum atomic E-state index is 5.95. The standard InChI is InChI=1S/C21H19ClN4OS/c22-16-9-7-14(8-10-16)20-24-19(27-25-20)13-26-11-3-4-15(12-26)21-23-17-5-1-2-6-18(17)28-21/h1-2,5-10,15H,3-4,11-13H2/t15-/m1/s1. The summed E-state index contributed by atoms with van der Waals surface area (Å²) < 4.78 is 6.76. The van der Waals surface area contributed by atoms with Gasteiger partial charge in [0.05, 0.1) is 21.8 Å². The predicted molar refractivity (Wildman–Crippen MR) is 112 cm³/mol. The summed E-state index contributed by atoms with van der Waals surface area (Å²) in [7, 11) is 0. The summed E-state index contributed by atoms with van der Waals surface area (Å²) in [5, 5.41) is 6.05. The fraction of sp³-hybridized carbons (Fsp3) is 0.286. The Labute approximate surface area is 172 Å². The van der Waals surface area contributed by atoms with Crippen LogP contribution in [0.1, 0.15) is 29.7 Å². The van der Waals surface area contributed by atoms with Gasteiger partial charge in [-0.3, -0.25) is 4.90 Å². The van der Waals surface area contributed by atoms with Crippen molar-refractivity contribution < 1.29 is 4.52 Å². The molecule has 0 saturated carbocycles. The highest BCUT2D eigenvalue weighted by Gasteiger charge is 2.25. The van der Waals surface area contributed by atoms with E-state index in [1.165, 1.54) is 16.1 Å². The summed E-state index contributed by atoms with van der Waals surface area (Å²) in [6.07, 6.45) is 2.33. The first-order valence-corrected chi connectivity index (χ1v) is 10.6. The van der Waals surface area contributed by atoms with Crippen LogP contribution >= 0.6 is 22.9 Å². The Morgan fingerprint density at radius 3 is 2.82 bits per heavy atom. The third-order valence-corrected chi connectivity index (χ3v) is 6.55. The average Bonchev–Trinajstić information content (AvgIpc) is 3.36. The summed E-state index contributed by atoms with van der Waals surface area (Å²) in [4.78, 5) is 11.8. The monoisotopic (exact) mass is 410 g/mol. The fourth-order valence-corrected chi connectivity index (χ4v) is 4.91. The van der Waals surface area contributed by atoms with Crippen molar-refractivity contribution in [2.24, 2.45) is 0 Å². The van der Waals surface area contributed by atoms with Crippen LogP contribution in [0.4, 0.5) is 0 Å². The molecule has 1 aliphatic rings. The highest BCUT2D eigenvalue weighted by Crippen LogP contribution is 2.33. The summed E-state index contributed by atoms with van der Waals surface area (Å²) in [6, 6.07) is 15.8. The number of likely N-dealkylation sites (tertiary alicyclic amines) is 1. The number of hydrogen-bond acceptors (Lipinski definition) is 6. The van der Waals surface area contributed by atoms with Gasteiger partial charge in [0.15, 0.2) is 0 Å². The largest absolute Gasteiger partial charge is 0.338 e. The number of hydrogen-bond donors (Lipinski definition) is 0. The van der Waals surface area contributed by atoms with Crippen molar-refractivity contribution in [2.75, 3.05) is 13.1 Å². The molecule has 0 unspecified atom stereocenters. The molecule has 0 radical (unpaired) electrons. The van der Waals surface area contributed by atoms with Crippen molar-refractivity contribution in [1.82, 2.24) is 20.0 Å². The molecule has 2 aromatic heterocycles. The number of rotatable bonds is 4. The molecule has 1 aliphatic heterocycles. The molecule has 4 aromatic rings. The first-order chi connectivity index (χ1) is 13.7. The van der Waals surface area contributed by atoms with E-state index in [0.29, 0.717) is 29.2 Å². The molecular formula is C21H19ClN4OS. The Morgan fingerprint density at radius 1 is 1.11 bits per heavy atom. The van der Waals surface area contributed by atoms with Gasteiger partial charge < -0.3 is 4.52 Å². The number of halogens is 1. The normalized spacial score (nSPS) is 18.0. The lowest BCUT2D eigenvalue weighted by atomic mass is 9.99. The zero-order valence-corrected chi connectivity index (χ0v) is 16.8. The maximum Gasteiger partial charge on any atom is 0.241 e. The minimum absolute atomic E-state index is 0.463. The highest BCUT2D eigenvalue weighted by molar-refractivity contribution is 7.18. The van der Waals surface area contributed by atoms with E-state index in [1.54, 1.807) is 0 Å². The number of thiazole rings is 1. The third kappa shape index (κ3) is 3.68. The van der Waals surface area contributed by atoms with Gasteiger partial charge in [0.25, 0.3) is 0 Å². The molecule has 3 heterocycles. The quantitative estimate of drug-likeness (QED) is 0.452. The summed E-state index contributed by atoms with van der Waals surface area (Å²) in [6.45, 7) is 2.68. The topological polar surface area (TPSA) is 55.1 Å². The second-order valence-electron chi connectivity index (χ2n) is 7.11. The Hall–Kier alpha value is -2.28. The smallest absolute Gasteiger partial charge is 0.241 e. The van der Waals surface area contributed by atoms with E-state index in [4.69, 9.17) is 21.1 Å². The third-order valence-electron chi connectivity index (χ3n) is 5.09. The fourth-order valence-electron chi connectivity index (χ4n) is 3.69. The van der Waals surface area contributed by atoms with Crippen LogP contribution in [-0.2, 0) is 6.54 Å². The van der Waals surface area contributed by atoms with E-state index in [0.717, 1.165) is 30.6 Å². The summed E-state index contributed by atoms with van der Waals surface area (Å²) in [5.41, 5.74) is 2.01. The van der Waals surface area contributed by atoms with Crippen LogP contribution in [0.2, 0.25) is 5.02 Å².